The second kappa shape index (κ2) is 10.3. The number of rotatable bonds is 5. The van der Waals surface area contributed by atoms with Crippen LogP contribution in [0.1, 0.15) is 34.6 Å². The van der Waals surface area contributed by atoms with Crippen LogP contribution in [0, 0.1) is 0 Å². The molecule has 13 heteroatoms. The Morgan fingerprint density at radius 2 is 1.66 bits per heavy atom. The smallest absolute Gasteiger partial charge is 0.416 e. The molecule has 38 heavy (non-hydrogen) atoms. The summed E-state index contributed by atoms with van der Waals surface area (Å²) >= 11 is 1.20. The van der Waals surface area contributed by atoms with Crippen molar-refractivity contribution in [1.82, 2.24) is 4.90 Å². The molecule has 212 valence electrons. The molecule has 0 spiro atoms. The Labute approximate surface area is 228 Å². The van der Waals surface area contributed by atoms with E-state index in [1.165, 1.54) is 30.9 Å². The van der Waals surface area contributed by atoms with E-state index in [4.69, 9.17) is 33.4 Å². The minimum Gasteiger partial charge on any atom is -0.443 e. The highest BCUT2D eigenvalue weighted by atomic mass is 32.2. The summed E-state index contributed by atoms with van der Waals surface area (Å²) in [7, 11) is 0.751. The molecule has 3 heterocycles. The lowest BCUT2D eigenvalue weighted by Gasteiger charge is -2.56. The van der Waals surface area contributed by atoms with Crippen molar-refractivity contribution >= 4 is 32.9 Å². The lowest BCUT2D eigenvalue weighted by Crippen LogP contribution is -2.72. The number of nitrogens with zero attached hydrogens (tertiary/aromatic N) is 2. The number of hydrogen-bond donors (Lipinski definition) is 0. The van der Waals surface area contributed by atoms with Gasteiger partial charge in [0.15, 0.2) is 15.0 Å². The van der Waals surface area contributed by atoms with Crippen LogP contribution in [0.25, 0.3) is 0 Å². The first-order valence-electron chi connectivity index (χ1n) is 12.2. The largest absolute Gasteiger partial charge is 0.443 e. The van der Waals surface area contributed by atoms with Crippen LogP contribution in [0.4, 0.5) is 4.79 Å². The Balaban J connectivity index is 1.67. The van der Waals surface area contributed by atoms with Crippen molar-refractivity contribution < 1.29 is 41.6 Å². The van der Waals surface area contributed by atoms with Gasteiger partial charge >= 0.3 is 6.09 Å². The van der Waals surface area contributed by atoms with E-state index in [9.17, 15) is 13.2 Å². The highest BCUT2D eigenvalue weighted by Gasteiger charge is 2.64. The third-order valence-electron chi connectivity index (χ3n) is 6.86. The molecule has 0 radical (unpaired) electrons. The first kappa shape index (κ1) is 29.2. The summed E-state index contributed by atoms with van der Waals surface area (Å²) in [5.41, 5.74) is -1.32. The maximum Gasteiger partial charge on any atom is 0.416 e. The second-order valence-electron chi connectivity index (χ2n) is 10.7. The van der Waals surface area contributed by atoms with Gasteiger partial charge in [0.1, 0.15) is 35.4 Å². The van der Waals surface area contributed by atoms with Gasteiger partial charge in [-0.05, 0) is 46.8 Å². The van der Waals surface area contributed by atoms with Crippen LogP contribution in [-0.4, -0.2) is 98.6 Å². The Kier molecular flexibility index (Phi) is 7.96. The van der Waals surface area contributed by atoms with Gasteiger partial charge in [-0.2, -0.15) is 0 Å². The van der Waals surface area contributed by atoms with Crippen molar-refractivity contribution in [2.45, 2.75) is 86.5 Å². The van der Waals surface area contributed by atoms with Gasteiger partial charge in [-0.1, -0.05) is 30.0 Å². The molecule has 7 atom stereocenters. The van der Waals surface area contributed by atoms with Crippen molar-refractivity contribution in [3.8, 4) is 0 Å². The first-order valence-corrected chi connectivity index (χ1v) is 14.8. The average molecular weight is 573 g/mol. The van der Waals surface area contributed by atoms with Crippen molar-refractivity contribution in [2.75, 3.05) is 27.0 Å². The number of ether oxygens (including phenoxy) is 6. The standard InChI is InChI=1S/C25H36N2O9S2/c1-23(2,3)36-22(28)27(6)21-26-17-19-18(34-24(4,31-7)25(5,32-8)35-19)16(33-20(17)37-21)14-38(29,30)15-12-10-9-11-13-15/h9-13,16-20H,14H2,1-8H3. The van der Waals surface area contributed by atoms with E-state index >= 15 is 0 Å². The van der Waals surface area contributed by atoms with Crippen molar-refractivity contribution in [3.05, 3.63) is 30.3 Å². The minimum absolute atomic E-state index is 0.177. The summed E-state index contributed by atoms with van der Waals surface area (Å²) in [6, 6.07) is 7.55. The van der Waals surface area contributed by atoms with Crippen LogP contribution in [0.5, 0.6) is 0 Å². The molecule has 1 amide bonds. The molecule has 1 aromatic rings. The molecule has 0 bridgehead atoms. The number of amides is 1. The van der Waals surface area contributed by atoms with Gasteiger partial charge in [0, 0.05) is 21.3 Å². The van der Waals surface area contributed by atoms with Crippen LogP contribution in [0.3, 0.4) is 0 Å². The van der Waals surface area contributed by atoms with Gasteiger partial charge in [-0.25, -0.2) is 13.2 Å². The molecular weight excluding hydrogens is 536 g/mol. The molecule has 11 nitrogen and oxygen atoms in total. The summed E-state index contributed by atoms with van der Waals surface area (Å²) in [5, 5.41) is 0.363. The van der Waals surface area contributed by atoms with E-state index in [1.54, 1.807) is 72.0 Å². The molecule has 0 aliphatic carbocycles. The number of carbonyl (C=O) groups is 1. The van der Waals surface area contributed by atoms with Crippen LogP contribution in [-0.2, 0) is 38.3 Å². The van der Waals surface area contributed by atoms with E-state index in [1.807, 2.05) is 0 Å². The maximum absolute atomic E-state index is 13.3. The zero-order chi connectivity index (χ0) is 28.1. The average Bonchev–Trinajstić information content (AvgIpc) is 3.28. The number of methoxy groups -OCH3 is 2. The number of hydrogen-bond acceptors (Lipinski definition) is 11. The molecule has 3 aliphatic rings. The molecule has 0 saturated carbocycles. The fourth-order valence-electron chi connectivity index (χ4n) is 4.51. The lowest BCUT2D eigenvalue weighted by atomic mass is 9.94. The molecule has 2 saturated heterocycles. The van der Waals surface area contributed by atoms with E-state index < -0.39 is 62.9 Å². The van der Waals surface area contributed by atoms with Gasteiger partial charge in [0.2, 0.25) is 11.6 Å². The fraction of sp³-hybridized carbons (Fsp3) is 0.680. The number of fused-ring (bicyclic) bond motifs is 3. The van der Waals surface area contributed by atoms with Crippen LogP contribution >= 0.6 is 11.8 Å². The van der Waals surface area contributed by atoms with Crippen LogP contribution < -0.4 is 0 Å². The van der Waals surface area contributed by atoms with Crippen molar-refractivity contribution in [2.24, 2.45) is 4.99 Å². The van der Waals surface area contributed by atoms with Gasteiger partial charge in [-0.3, -0.25) is 9.89 Å². The molecule has 3 aliphatic heterocycles. The highest BCUT2D eigenvalue weighted by molar-refractivity contribution is 8.14. The number of carbonyl (C=O) groups excluding carboxylic acids is 1. The third-order valence-corrected chi connectivity index (χ3v) is 9.83. The van der Waals surface area contributed by atoms with Crippen molar-refractivity contribution in [1.29, 1.82) is 0 Å². The SMILES string of the molecule is COC1(C)OC2C(CS(=O)(=O)c3ccccc3)OC3SC(N(C)C(=O)OC(C)(C)C)=NC3C2OC1(C)OC. The summed E-state index contributed by atoms with van der Waals surface area (Å²) < 4.78 is 62.7. The van der Waals surface area contributed by atoms with Crippen molar-refractivity contribution in [3.63, 3.8) is 0 Å². The number of amidine groups is 1. The molecule has 0 N–H and O–H groups in total. The summed E-state index contributed by atoms with van der Waals surface area (Å²) in [4.78, 5) is 18.9. The Morgan fingerprint density at radius 1 is 1.08 bits per heavy atom. The Bertz CT molecular complexity index is 1170. The molecule has 7 unspecified atom stereocenters. The Hall–Kier alpha value is -1.74. The zero-order valence-corrected chi connectivity index (χ0v) is 24.5. The maximum atomic E-state index is 13.3. The number of thioether (sulfide) groups is 1. The molecule has 2 fully saturated rings. The lowest BCUT2D eigenvalue weighted by molar-refractivity contribution is -0.462. The molecular formula is C25H36N2O9S2. The first-order chi connectivity index (χ1) is 17.6. The predicted octanol–water partition coefficient (Wildman–Crippen LogP) is 3.03. The van der Waals surface area contributed by atoms with E-state index in [-0.39, 0.29) is 10.6 Å². The quantitative estimate of drug-likeness (QED) is 0.520. The topological polar surface area (TPSA) is 122 Å². The third kappa shape index (κ3) is 5.47. The highest BCUT2D eigenvalue weighted by Crippen LogP contribution is 2.48. The normalized spacial score (nSPS) is 35.2. The van der Waals surface area contributed by atoms with E-state index in [2.05, 4.69) is 0 Å². The minimum atomic E-state index is -3.74. The summed E-state index contributed by atoms with van der Waals surface area (Å²) in [6.07, 6.45) is -3.11. The van der Waals surface area contributed by atoms with Gasteiger partial charge < -0.3 is 28.4 Å². The van der Waals surface area contributed by atoms with E-state index in [0.29, 0.717) is 5.17 Å². The summed E-state index contributed by atoms with van der Waals surface area (Å²) in [5.74, 6) is -3.07. The zero-order valence-electron chi connectivity index (χ0n) is 22.9. The van der Waals surface area contributed by atoms with Crippen LogP contribution in [0.15, 0.2) is 40.2 Å². The predicted molar refractivity (Wildman–Crippen MR) is 141 cm³/mol. The Morgan fingerprint density at radius 3 is 2.21 bits per heavy atom. The monoisotopic (exact) mass is 572 g/mol. The molecule has 4 rings (SSSR count). The summed E-state index contributed by atoms with van der Waals surface area (Å²) in [6.45, 7) is 8.68. The van der Waals surface area contributed by atoms with E-state index in [0.717, 1.165) is 0 Å². The number of aliphatic imine (C=N–C) groups is 1. The molecule has 1 aromatic carbocycles. The second-order valence-corrected chi connectivity index (χ2v) is 13.8. The molecule has 0 aromatic heterocycles. The van der Waals surface area contributed by atoms with Gasteiger partial charge in [-0.15, -0.1) is 0 Å². The fourth-order valence-corrected chi connectivity index (χ4v) is 7.15. The van der Waals surface area contributed by atoms with Gasteiger partial charge in [0.05, 0.1) is 10.6 Å². The number of benzene rings is 1. The number of sulfone groups is 1. The van der Waals surface area contributed by atoms with Crippen LogP contribution in [0.2, 0.25) is 0 Å². The van der Waals surface area contributed by atoms with Gasteiger partial charge in [0.25, 0.3) is 0 Å².